The molecule has 0 aromatic heterocycles. The summed E-state index contributed by atoms with van der Waals surface area (Å²) in [6.45, 7) is 5.68. The number of anilines is 1. The number of amides is 2. The highest BCUT2D eigenvalue weighted by Gasteiger charge is 2.37. The second-order valence-electron chi connectivity index (χ2n) is 5.73. The maximum Gasteiger partial charge on any atom is 0.248 e. The molecule has 0 radical (unpaired) electrons. The number of benzene rings is 1. The van der Waals surface area contributed by atoms with E-state index in [4.69, 9.17) is 5.73 Å². The molecule has 1 heterocycles. The van der Waals surface area contributed by atoms with E-state index >= 15 is 0 Å². The fourth-order valence-electron chi connectivity index (χ4n) is 2.86. The van der Waals surface area contributed by atoms with Crippen molar-refractivity contribution in [2.45, 2.75) is 33.1 Å². The summed E-state index contributed by atoms with van der Waals surface area (Å²) in [6, 6.07) is 5.10. The Morgan fingerprint density at radius 2 is 2.00 bits per heavy atom. The molecule has 1 fully saturated rings. The first-order valence-corrected chi connectivity index (χ1v) is 7.41. The number of carbonyl (C=O) groups excluding carboxylic acids is 2. The van der Waals surface area contributed by atoms with Crippen molar-refractivity contribution in [1.29, 1.82) is 0 Å². The van der Waals surface area contributed by atoms with E-state index in [0.717, 1.165) is 43.6 Å². The molecule has 0 unspecified atom stereocenters. The maximum absolute atomic E-state index is 12.7. The monoisotopic (exact) mass is 289 g/mol. The predicted octanol–water partition coefficient (Wildman–Crippen LogP) is 1.81. The van der Waals surface area contributed by atoms with Crippen molar-refractivity contribution in [3.8, 4) is 0 Å². The number of primary amides is 1. The molecule has 1 aromatic rings. The van der Waals surface area contributed by atoms with Gasteiger partial charge in [-0.25, -0.2) is 0 Å². The van der Waals surface area contributed by atoms with Crippen molar-refractivity contribution in [3.05, 3.63) is 29.3 Å². The maximum atomic E-state index is 12.7. The van der Waals surface area contributed by atoms with Gasteiger partial charge in [0.25, 0.3) is 0 Å². The van der Waals surface area contributed by atoms with Gasteiger partial charge in [0.2, 0.25) is 11.8 Å². The van der Waals surface area contributed by atoms with Crippen LogP contribution in [0.2, 0.25) is 0 Å². The van der Waals surface area contributed by atoms with Crippen LogP contribution in [0.3, 0.4) is 0 Å². The minimum Gasteiger partial charge on any atom is -0.366 e. The van der Waals surface area contributed by atoms with Gasteiger partial charge in [-0.2, -0.15) is 0 Å². The average molecular weight is 289 g/mol. The Morgan fingerprint density at radius 3 is 2.52 bits per heavy atom. The molecule has 2 amide bonds. The lowest BCUT2D eigenvalue weighted by molar-refractivity contribution is -0.127. The van der Waals surface area contributed by atoms with Crippen LogP contribution in [0.5, 0.6) is 0 Å². The van der Waals surface area contributed by atoms with Crippen molar-refractivity contribution >= 4 is 17.5 Å². The second kappa shape index (κ2) is 6.26. The molecule has 2 rings (SSSR count). The summed E-state index contributed by atoms with van der Waals surface area (Å²) in [5, 5.41) is 6.31. The molecule has 0 spiro atoms. The van der Waals surface area contributed by atoms with Crippen molar-refractivity contribution in [3.63, 3.8) is 0 Å². The highest BCUT2D eigenvalue weighted by molar-refractivity contribution is 5.97. The topological polar surface area (TPSA) is 84.2 Å². The second-order valence-corrected chi connectivity index (χ2v) is 5.73. The van der Waals surface area contributed by atoms with Gasteiger partial charge in [-0.05, 0) is 63.0 Å². The number of aryl methyl sites for hydroxylation is 1. The van der Waals surface area contributed by atoms with Crippen molar-refractivity contribution < 1.29 is 9.59 Å². The summed E-state index contributed by atoms with van der Waals surface area (Å²) in [5.74, 6) is -0.388. The van der Waals surface area contributed by atoms with Crippen molar-refractivity contribution in [2.75, 3.05) is 18.4 Å². The van der Waals surface area contributed by atoms with Crippen LogP contribution in [0.15, 0.2) is 18.2 Å². The van der Waals surface area contributed by atoms with E-state index in [9.17, 15) is 9.59 Å². The quantitative estimate of drug-likeness (QED) is 0.790. The Balaban J connectivity index is 2.17. The van der Waals surface area contributed by atoms with Gasteiger partial charge >= 0.3 is 0 Å². The van der Waals surface area contributed by atoms with E-state index in [1.54, 1.807) is 18.2 Å². The molecule has 0 bridgehead atoms. The lowest BCUT2D eigenvalue weighted by Crippen LogP contribution is -2.44. The van der Waals surface area contributed by atoms with Crippen molar-refractivity contribution in [1.82, 2.24) is 5.32 Å². The first-order valence-electron chi connectivity index (χ1n) is 7.41. The van der Waals surface area contributed by atoms with Gasteiger partial charge in [0.1, 0.15) is 0 Å². The molecule has 1 aromatic carbocycles. The van der Waals surface area contributed by atoms with Crippen LogP contribution in [0.1, 0.15) is 42.1 Å². The Morgan fingerprint density at radius 1 is 1.33 bits per heavy atom. The first-order chi connectivity index (χ1) is 9.98. The largest absolute Gasteiger partial charge is 0.366 e. The molecule has 5 nitrogen and oxygen atoms in total. The fourth-order valence-corrected chi connectivity index (χ4v) is 2.86. The van der Waals surface area contributed by atoms with E-state index in [1.807, 2.05) is 6.92 Å². The lowest BCUT2D eigenvalue weighted by Gasteiger charge is -2.35. The molecule has 21 heavy (non-hydrogen) atoms. The molecule has 1 saturated heterocycles. The molecule has 0 atom stereocenters. The van der Waals surface area contributed by atoms with E-state index < -0.39 is 5.91 Å². The van der Waals surface area contributed by atoms with Crippen LogP contribution >= 0.6 is 0 Å². The highest BCUT2D eigenvalue weighted by atomic mass is 16.2. The van der Waals surface area contributed by atoms with E-state index in [1.165, 1.54) is 0 Å². The molecule has 1 aliphatic heterocycles. The van der Waals surface area contributed by atoms with Gasteiger partial charge in [0.05, 0.1) is 5.41 Å². The Hall–Kier alpha value is -1.88. The molecule has 1 aliphatic rings. The number of nitrogens with two attached hydrogens (primary N) is 1. The number of carbonyl (C=O) groups is 2. The zero-order valence-corrected chi connectivity index (χ0v) is 12.7. The minimum atomic E-state index is -0.459. The molecular weight excluding hydrogens is 266 g/mol. The van der Waals surface area contributed by atoms with Gasteiger partial charge < -0.3 is 16.4 Å². The van der Waals surface area contributed by atoms with Gasteiger partial charge in [0, 0.05) is 11.3 Å². The summed E-state index contributed by atoms with van der Waals surface area (Å²) in [5.41, 5.74) is 7.02. The number of hydrogen-bond donors (Lipinski definition) is 3. The number of nitrogens with one attached hydrogen (secondary N) is 2. The number of hydrogen-bond acceptors (Lipinski definition) is 3. The third-order valence-corrected chi connectivity index (χ3v) is 4.48. The molecule has 0 saturated carbocycles. The summed E-state index contributed by atoms with van der Waals surface area (Å²) in [4.78, 5) is 23.8. The van der Waals surface area contributed by atoms with E-state index in [2.05, 4.69) is 17.6 Å². The van der Waals surface area contributed by atoms with E-state index in [-0.39, 0.29) is 11.3 Å². The smallest absolute Gasteiger partial charge is 0.248 e. The molecule has 0 aliphatic carbocycles. The van der Waals surface area contributed by atoms with E-state index in [0.29, 0.717) is 5.56 Å². The van der Waals surface area contributed by atoms with Crippen LogP contribution in [0.25, 0.3) is 0 Å². The average Bonchev–Trinajstić information content (AvgIpc) is 2.49. The first kappa shape index (κ1) is 15.5. The molecule has 4 N–H and O–H groups in total. The zero-order valence-electron chi connectivity index (χ0n) is 12.7. The molecular formula is C16H23N3O2. The van der Waals surface area contributed by atoms with Crippen LogP contribution in [-0.4, -0.2) is 24.9 Å². The van der Waals surface area contributed by atoms with Gasteiger partial charge in [-0.3, -0.25) is 9.59 Å². The van der Waals surface area contributed by atoms with Gasteiger partial charge in [-0.15, -0.1) is 0 Å². The third kappa shape index (κ3) is 3.24. The van der Waals surface area contributed by atoms with Crippen LogP contribution in [0, 0.1) is 12.3 Å². The number of rotatable bonds is 4. The zero-order chi connectivity index (χ0) is 15.5. The van der Waals surface area contributed by atoms with Gasteiger partial charge in [-0.1, -0.05) is 6.92 Å². The summed E-state index contributed by atoms with van der Waals surface area (Å²) in [7, 11) is 0. The summed E-state index contributed by atoms with van der Waals surface area (Å²) < 4.78 is 0. The number of piperidine rings is 1. The van der Waals surface area contributed by atoms with Gasteiger partial charge in [0.15, 0.2) is 0 Å². The highest BCUT2D eigenvalue weighted by Crippen LogP contribution is 2.34. The summed E-state index contributed by atoms with van der Waals surface area (Å²) in [6.07, 6.45) is 2.54. The third-order valence-electron chi connectivity index (χ3n) is 4.48. The predicted molar refractivity (Wildman–Crippen MR) is 83.2 cm³/mol. The van der Waals surface area contributed by atoms with Crippen LogP contribution < -0.4 is 16.4 Å². The molecule has 5 heteroatoms. The standard InChI is InChI=1S/C16H23N3O2/c1-3-16(6-8-18-9-7-16)15(21)19-13-5-4-12(14(17)20)10-11(13)2/h4-5,10,18H,3,6-9H2,1-2H3,(H2,17,20)(H,19,21). The van der Waals surface area contributed by atoms with Crippen LogP contribution in [0.4, 0.5) is 5.69 Å². The SMILES string of the molecule is CCC1(C(=O)Nc2ccc(C(N)=O)cc2C)CCNCC1. The normalized spacial score (nSPS) is 17.2. The molecule has 114 valence electrons. The van der Waals surface area contributed by atoms with Crippen molar-refractivity contribution in [2.24, 2.45) is 11.1 Å². The van der Waals surface area contributed by atoms with Crippen LogP contribution in [-0.2, 0) is 4.79 Å². The summed E-state index contributed by atoms with van der Waals surface area (Å²) >= 11 is 0. The minimum absolute atomic E-state index is 0.0708. The lowest BCUT2D eigenvalue weighted by atomic mass is 9.76. The fraction of sp³-hybridized carbons (Fsp3) is 0.500. The Bertz CT molecular complexity index is 548. The Labute approximate surface area is 125 Å². The Kier molecular flexibility index (Phi) is 4.63.